The van der Waals surface area contributed by atoms with Crippen LogP contribution >= 0.6 is 0 Å². The van der Waals surface area contributed by atoms with E-state index in [0.29, 0.717) is 11.3 Å². The molecule has 4 nitrogen and oxygen atoms in total. The molecule has 0 radical (unpaired) electrons. The van der Waals surface area contributed by atoms with Gasteiger partial charge in [-0.2, -0.15) is 0 Å². The van der Waals surface area contributed by atoms with E-state index >= 15 is 0 Å². The SMILES string of the molecule is C=C(C)c1[nH]c(=O)[nH]c1O. The molecule has 0 bridgehead atoms. The zero-order valence-electron chi connectivity index (χ0n) is 5.56. The molecule has 1 aromatic heterocycles. The van der Waals surface area contributed by atoms with Crippen LogP contribution in [-0.2, 0) is 0 Å². The molecule has 10 heavy (non-hydrogen) atoms. The molecule has 0 aromatic carbocycles. The summed E-state index contributed by atoms with van der Waals surface area (Å²) in [6.45, 7) is 5.24. The van der Waals surface area contributed by atoms with Crippen molar-refractivity contribution < 1.29 is 5.11 Å². The van der Waals surface area contributed by atoms with E-state index in [1.807, 2.05) is 0 Å². The number of hydrogen-bond acceptors (Lipinski definition) is 2. The summed E-state index contributed by atoms with van der Waals surface area (Å²) in [6, 6.07) is 0. The van der Waals surface area contributed by atoms with Crippen molar-refractivity contribution in [3.63, 3.8) is 0 Å². The van der Waals surface area contributed by atoms with Crippen LogP contribution in [0.5, 0.6) is 5.88 Å². The number of hydrogen-bond donors (Lipinski definition) is 3. The summed E-state index contributed by atoms with van der Waals surface area (Å²) >= 11 is 0. The van der Waals surface area contributed by atoms with Gasteiger partial charge in [0.2, 0.25) is 5.88 Å². The van der Waals surface area contributed by atoms with Crippen molar-refractivity contribution in [1.29, 1.82) is 0 Å². The smallest absolute Gasteiger partial charge is 0.326 e. The Hall–Kier alpha value is -1.45. The van der Waals surface area contributed by atoms with Gasteiger partial charge in [0.15, 0.2) is 0 Å². The lowest BCUT2D eigenvalue weighted by molar-refractivity contribution is 0.454. The summed E-state index contributed by atoms with van der Waals surface area (Å²) in [5.41, 5.74) is 0.566. The minimum absolute atomic E-state index is 0.155. The summed E-state index contributed by atoms with van der Waals surface area (Å²) in [5.74, 6) is -0.155. The molecule has 0 saturated carbocycles. The van der Waals surface area contributed by atoms with Gasteiger partial charge in [-0.1, -0.05) is 6.58 Å². The van der Waals surface area contributed by atoms with Crippen LogP contribution in [0.1, 0.15) is 12.6 Å². The lowest BCUT2D eigenvalue weighted by atomic mass is 10.3. The van der Waals surface area contributed by atoms with E-state index in [4.69, 9.17) is 5.11 Å². The summed E-state index contributed by atoms with van der Waals surface area (Å²) in [4.78, 5) is 15.1. The highest BCUT2D eigenvalue weighted by Gasteiger charge is 2.03. The van der Waals surface area contributed by atoms with Gasteiger partial charge in [0, 0.05) is 0 Å². The first-order valence-electron chi connectivity index (χ1n) is 2.78. The molecule has 0 aliphatic rings. The fourth-order valence-corrected chi connectivity index (χ4v) is 0.683. The van der Waals surface area contributed by atoms with E-state index in [1.165, 1.54) is 0 Å². The molecule has 0 amide bonds. The standard InChI is InChI=1S/C6H8N2O2/c1-3(2)4-5(9)8-6(10)7-4/h9H,1H2,2H3,(H2,7,8,10). The molecular formula is C6H8N2O2. The highest BCUT2D eigenvalue weighted by Crippen LogP contribution is 2.15. The second-order valence-corrected chi connectivity index (χ2v) is 2.08. The second-order valence-electron chi connectivity index (χ2n) is 2.08. The third-order valence-corrected chi connectivity index (χ3v) is 1.13. The van der Waals surface area contributed by atoms with Gasteiger partial charge in [-0.3, -0.25) is 4.98 Å². The van der Waals surface area contributed by atoms with Crippen LogP contribution in [0.15, 0.2) is 11.4 Å². The maximum absolute atomic E-state index is 10.5. The zero-order chi connectivity index (χ0) is 7.72. The fraction of sp³-hybridized carbons (Fsp3) is 0.167. The van der Waals surface area contributed by atoms with Crippen LogP contribution < -0.4 is 5.69 Å². The Balaban J connectivity index is 3.28. The van der Waals surface area contributed by atoms with Crippen LogP contribution in [0, 0.1) is 0 Å². The number of aromatic amines is 2. The Morgan fingerprint density at radius 3 is 2.40 bits per heavy atom. The highest BCUT2D eigenvalue weighted by atomic mass is 16.3. The molecule has 0 saturated heterocycles. The first kappa shape index (κ1) is 6.67. The van der Waals surface area contributed by atoms with Crippen molar-refractivity contribution in [2.45, 2.75) is 6.92 Å². The minimum atomic E-state index is -0.421. The summed E-state index contributed by atoms with van der Waals surface area (Å²) in [7, 11) is 0. The Morgan fingerprint density at radius 2 is 2.20 bits per heavy atom. The molecule has 1 heterocycles. The molecule has 0 spiro atoms. The number of nitrogens with one attached hydrogen (secondary N) is 2. The number of rotatable bonds is 1. The van der Waals surface area contributed by atoms with Gasteiger partial charge in [-0.25, -0.2) is 4.79 Å². The Kier molecular flexibility index (Phi) is 1.37. The largest absolute Gasteiger partial charge is 0.493 e. The number of aromatic hydroxyl groups is 1. The number of imidazole rings is 1. The van der Waals surface area contributed by atoms with Crippen molar-refractivity contribution in [3.8, 4) is 5.88 Å². The van der Waals surface area contributed by atoms with E-state index in [-0.39, 0.29) is 5.88 Å². The lowest BCUT2D eigenvalue weighted by Gasteiger charge is -1.91. The number of allylic oxidation sites excluding steroid dienone is 1. The molecule has 1 rings (SSSR count). The van der Waals surface area contributed by atoms with Gasteiger partial charge in [0.05, 0.1) is 0 Å². The van der Waals surface area contributed by atoms with E-state index in [0.717, 1.165) is 0 Å². The maximum Gasteiger partial charge on any atom is 0.326 e. The average molecular weight is 140 g/mol. The first-order valence-corrected chi connectivity index (χ1v) is 2.78. The van der Waals surface area contributed by atoms with Crippen molar-refractivity contribution in [2.24, 2.45) is 0 Å². The Morgan fingerprint density at radius 1 is 1.60 bits per heavy atom. The molecule has 0 unspecified atom stereocenters. The van der Waals surface area contributed by atoms with Crippen molar-refractivity contribution in [1.82, 2.24) is 9.97 Å². The molecular weight excluding hydrogens is 132 g/mol. The van der Waals surface area contributed by atoms with Crippen LogP contribution in [0.2, 0.25) is 0 Å². The van der Waals surface area contributed by atoms with Crippen LogP contribution in [0.25, 0.3) is 5.57 Å². The van der Waals surface area contributed by atoms with Crippen LogP contribution in [-0.4, -0.2) is 15.1 Å². The Bertz CT molecular complexity index is 308. The molecule has 1 aromatic rings. The topological polar surface area (TPSA) is 68.9 Å². The van der Waals surface area contributed by atoms with Gasteiger partial charge in [0.25, 0.3) is 0 Å². The second kappa shape index (κ2) is 2.06. The Labute approximate surface area is 57.2 Å². The van der Waals surface area contributed by atoms with Crippen molar-refractivity contribution in [3.05, 3.63) is 22.8 Å². The molecule has 3 N–H and O–H groups in total. The van der Waals surface area contributed by atoms with Crippen molar-refractivity contribution >= 4 is 5.57 Å². The summed E-state index contributed by atoms with van der Waals surface area (Å²) in [5, 5.41) is 8.95. The molecule has 0 aliphatic carbocycles. The maximum atomic E-state index is 10.5. The molecule has 0 fully saturated rings. The normalized spacial score (nSPS) is 9.70. The van der Waals surface area contributed by atoms with E-state index in [2.05, 4.69) is 16.5 Å². The van der Waals surface area contributed by atoms with Gasteiger partial charge in [-0.15, -0.1) is 0 Å². The highest BCUT2D eigenvalue weighted by molar-refractivity contribution is 5.61. The lowest BCUT2D eigenvalue weighted by Crippen LogP contribution is -2.00. The minimum Gasteiger partial charge on any atom is -0.493 e. The third-order valence-electron chi connectivity index (χ3n) is 1.13. The van der Waals surface area contributed by atoms with E-state index in [1.54, 1.807) is 6.92 Å². The molecule has 4 heteroatoms. The van der Waals surface area contributed by atoms with Crippen molar-refractivity contribution in [2.75, 3.05) is 0 Å². The van der Waals surface area contributed by atoms with Gasteiger partial charge in [0.1, 0.15) is 5.69 Å². The summed E-state index contributed by atoms with van der Waals surface area (Å²) < 4.78 is 0. The van der Waals surface area contributed by atoms with Crippen LogP contribution in [0.4, 0.5) is 0 Å². The van der Waals surface area contributed by atoms with Gasteiger partial charge < -0.3 is 10.1 Å². The molecule has 54 valence electrons. The summed E-state index contributed by atoms with van der Waals surface area (Å²) in [6.07, 6.45) is 0. The molecule has 0 atom stereocenters. The zero-order valence-corrected chi connectivity index (χ0v) is 5.56. The molecule has 0 aliphatic heterocycles. The number of H-pyrrole nitrogens is 2. The quantitative estimate of drug-likeness (QED) is 0.529. The number of aromatic nitrogens is 2. The third kappa shape index (κ3) is 0.953. The first-order chi connectivity index (χ1) is 4.61. The van der Waals surface area contributed by atoms with Gasteiger partial charge >= 0.3 is 5.69 Å². The van der Waals surface area contributed by atoms with E-state index < -0.39 is 5.69 Å². The predicted octanol–water partition coefficient (Wildman–Crippen LogP) is 0.442. The van der Waals surface area contributed by atoms with Crippen LogP contribution in [0.3, 0.4) is 0 Å². The average Bonchev–Trinajstić information content (AvgIpc) is 2.10. The predicted molar refractivity (Wildman–Crippen MR) is 37.8 cm³/mol. The fourth-order valence-electron chi connectivity index (χ4n) is 0.683. The monoisotopic (exact) mass is 140 g/mol. The van der Waals surface area contributed by atoms with Gasteiger partial charge in [-0.05, 0) is 12.5 Å². The van der Waals surface area contributed by atoms with E-state index in [9.17, 15) is 4.79 Å².